The van der Waals surface area contributed by atoms with Crippen LogP contribution in [-0.4, -0.2) is 49.3 Å². The molecule has 0 heterocycles. The Morgan fingerprint density at radius 2 is 1.11 bits per heavy atom. The summed E-state index contributed by atoms with van der Waals surface area (Å²) >= 11 is 0. The average molecular weight is 686 g/mol. The van der Waals surface area contributed by atoms with Crippen molar-refractivity contribution in [3.8, 4) is 0 Å². The van der Waals surface area contributed by atoms with E-state index in [1.807, 2.05) is 0 Å². The summed E-state index contributed by atoms with van der Waals surface area (Å²) in [6.07, 6.45) is 34.6. The van der Waals surface area contributed by atoms with Crippen LogP contribution in [0.1, 0.15) is 155 Å². The van der Waals surface area contributed by atoms with Crippen LogP contribution in [0.15, 0.2) is 36.5 Å². The van der Waals surface area contributed by atoms with Crippen LogP contribution in [0.3, 0.4) is 0 Å². The first-order valence-electron chi connectivity index (χ1n) is 18.5. The van der Waals surface area contributed by atoms with Gasteiger partial charge in [-0.3, -0.25) is 18.6 Å². The van der Waals surface area contributed by atoms with Gasteiger partial charge in [-0.15, -0.1) is 0 Å². The summed E-state index contributed by atoms with van der Waals surface area (Å²) in [4.78, 5) is 34.6. The van der Waals surface area contributed by atoms with Gasteiger partial charge in [0.2, 0.25) is 0 Å². The van der Waals surface area contributed by atoms with Gasteiger partial charge in [0.15, 0.2) is 6.10 Å². The number of phosphoric ester groups is 1. The summed E-state index contributed by atoms with van der Waals surface area (Å²) in [6.45, 7) is 3.63. The fourth-order valence-electron chi connectivity index (χ4n) is 4.76. The Balaban J connectivity index is 4.24. The van der Waals surface area contributed by atoms with Gasteiger partial charge in [0.05, 0.1) is 13.2 Å². The lowest BCUT2D eigenvalue weighted by atomic mass is 10.1. The highest BCUT2D eigenvalue weighted by molar-refractivity contribution is 7.47. The van der Waals surface area contributed by atoms with Crippen LogP contribution in [0.4, 0.5) is 0 Å². The molecule has 0 saturated heterocycles. The highest BCUT2D eigenvalue weighted by Gasteiger charge is 2.25. The molecule has 0 aliphatic heterocycles. The average Bonchev–Trinajstić information content (AvgIpc) is 3.05. The third-order valence-electron chi connectivity index (χ3n) is 7.53. The molecule has 274 valence electrons. The third-order valence-corrected chi connectivity index (χ3v) is 8.51. The molecule has 0 saturated carbocycles. The molecular formula is C37H68NO8P. The van der Waals surface area contributed by atoms with Crippen molar-refractivity contribution in [3.63, 3.8) is 0 Å². The van der Waals surface area contributed by atoms with Crippen LogP contribution in [-0.2, 0) is 32.7 Å². The maximum Gasteiger partial charge on any atom is 0.472 e. The zero-order chi connectivity index (χ0) is 34.7. The second kappa shape index (κ2) is 34.1. The molecule has 1 unspecified atom stereocenters. The van der Waals surface area contributed by atoms with Gasteiger partial charge in [-0.1, -0.05) is 127 Å². The highest BCUT2D eigenvalue weighted by Crippen LogP contribution is 2.43. The Morgan fingerprint density at radius 1 is 0.638 bits per heavy atom. The predicted molar refractivity (Wildman–Crippen MR) is 192 cm³/mol. The summed E-state index contributed by atoms with van der Waals surface area (Å²) < 4.78 is 32.5. The number of allylic oxidation sites excluding steroid dienone is 6. The van der Waals surface area contributed by atoms with Gasteiger partial charge >= 0.3 is 19.8 Å². The summed E-state index contributed by atoms with van der Waals surface area (Å²) in [7, 11) is -4.37. The molecule has 0 aromatic heterocycles. The van der Waals surface area contributed by atoms with E-state index in [1.54, 1.807) is 0 Å². The molecule has 47 heavy (non-hydrogen) atoms. The third kappa shape index (κ3) is 33.9. The Kier molecular flexibility index (Phi) is 32.8. The Hall–Kier alpha value is -1.77. The van der Waals surface area contributed by atoms with E-state index in [-0.39, 0.29) is 32.6 Å². The number of unbranched alkanes of at least 4 members (excludes halogenated alkanes) is 15. The van der Waals surface area contributed by atoms with Crippen LogP contribution in [0.5, 0.6) is 0 Å². The molecule has 0 fully saturated rings. The second-order valence-corrected chi connectivity index (χ2v) is 13.5. The Morgan fingerprint density at radius 3 is 1.68 bits per heavy atom. The summed E-state index contributed by atoms with van der Waals surface area (Å²) in [6, 6.07) is 0. The Labute approximate surface area is 286 Å². The molecule has 0 spiro atoms. The van der Waals surface area contributed by atoms with E-state index in [9.17, 15) is 19.0 Å². The monoisotopic (exact) mass is 685 g/mol. The predicted octanol–water partition coefficient (Wildman–Crippen LogP) is 9.82. The van der Waals surface area contributed by atoms with Crippen molar-refractivity contribution in [3.05, 3.63) is 36.5 Å². The molecule has 0 radical (unpaired) electrons. The minimum Gasteiger partial charge on any atom is -0.462 e. The van der Waals surface area contributed by atoms with Gasteiger partial charge < -0.3 is 20.1 Å². The number of phosphoric acid groups is 1. The number of hydrogen-bond acceptors (Lipinski definition) is 8. The van der Waals surface area contributed by atoms with Crippen molar-refractivity contribution in [2.45, 2.75) is 161 Å². The molecule has 10 heteroatoms. The molecule has 2 atom stereocenters. The van der Waals surface area contributed by atoms with Crippen molar-refractivity contribution in [2.24, 2.45) is 5.73 Å². The first-order chi connectivity index (χ1) is 22.8. The van der Waals surface area contributed by atoms with E-state index < -0.39 is 32.5 Å². The molecule has 0 amide bonds. The van der Waals surface area contributed by atoms with Gasteiger partial charge in [-0.2, -0.15) is 0 Å². The van der Waals surface area contributed by atoms with Crippen LogP contribution in [0.2, 0.25) is 0 Å². The zero-order valence-corrected chi connectivity index (χ0v) is 30.7. The number of carbonyl (C=O) groups is 2. The quantitative estimate of drug-likeness (QED) is 0.0294. The fraction of sp³-hybridized carbons (Fsp3) is 0.784. The van der Waals surface area contributed by atoms with Gasteiger partial charge in [0.25, 0.3) is 0 Å². The lowest BCUT2D eigenvalue weighted by Crippen LogP contribution is -2.29. The van der Waals surface area contributed by atoms with E-state index in [0.717, 1.165) is 57.8 Å². The molecule has 9 nitrogen and oxygen atoms in total. The van der Waals surface area contributed by atoms with Crippen molar-refractivity contribution in [1.29, 1.82) is 0 Å². The van der Waals surface area contributed by atoms with Crippen molar-refractivity contribution in [1.82, 2.24) is 0 Å². The number of ether oxygens (including phenoxy) is 2. The maximum absolute atomic E-state index is 12.4. The lowest BCUT2D eigenvalue weighted by molar-refractivity contribution is -0.161. The Bertz CT molecular complexity index is 876. The maximum atomic E-state index is 12.4. The zero-order valence-electron chi connectivity index (χ0n) is 29.8. The summed E-state index contributed by atoms with van der Waals surface area (Å²) in [5.41, 5.74) is 5.32. The van der Waals surface area contributed by atoms with Crippen LogP contribution in [0, 0.1) is 0 Å². The molecular weight excluding hydrogens is 617 g/mol. The van der Waals surface area contributed by atoms with E-state index in [2.05, 4.69) is 50.3 Å². The normalized spacial score (nSPS) is 13.9. The van der Waals surface area contributed by atoms with Crippen LogP contribution in [0.25, 0.3) is 0 Å². The van der Waals surface area contributed by atoms with E-state index >= 15 is 0 Å². The van der Waals surface area contributed by atoms with Crippen molar-refractivity contribution >= 4 is 19.8 Å². The molecule has 0 bridgehead atoms. The minimum absolute atomic E-state index is 0.0501. The lowest BCUT2D eigenvalue weighted by Gasteiger charge is -2.19. The number of esters is 2. The SMILES string of the molecule is CCCCC/C=C\C/C=C\C/C=C\CCCCCCC(=O)OC[C@H](COP(=O)(O)OCCN)OC(=O)CCCCCCCCCCC. The topological polar surface area (TPSA) is 134 Å². The largest absolute Gasteiger partial charge is 0.472 e. The standard InChI is InChI=1S/C37H68NO8P/c1-3-5-7-9-11-13-14-15-16-17-18-19-20-22-23-25-27-29-36(39)43-33-35(34-45-47(41,42)44-32-31-38)46-37(40)30-28-26-24-21-12-10-8-6-4-2/h11,13,15-16,18-19,35H,3-10,12,14,17,20-34,38H2,1-2H3,(H,41,42)/b13-11-,16-15-,19-18-/t35-/m1/s1. The number of hydrogen-bond donors (Lipinski definition) is 2. The first kappa shape index (κ1) is 45.2. The van der Waals surface area contributed by atoms with Gasteiger partial charge in [-0.25, -0.2) is 4.57 Å². The van der Waals surface area contributed by atoms with Gasteiger partial charge in [0.1, 0.15) is 6.61 Å². The molecule has 3 N–H and O–H groups in total. The minimum atomic E-state index is -4.37. The van der Waals surface area contributed by atoms with Crippen molar-refractivity contribution < 1.29 is 37.6 Å². The number of carbonyl (C=O) groups excluding carboxylic acids is 2. The van der Waals surface area contributed by atoms with Crippen molar-refractivity contribution in [2.75, 3.05) is 26.4 Å². The van der Waals surface area contributed by atoms with Gasteiger partial charge in [-0.05, 0) is 51.4 Å². The fourth-order valence-corrected chi connectivity index (χ4v) is 5.52. The first-order valence-corrected chi connectivity index (χ1v) is 20.0. The summed E-state index contributed by atoms with van der Waals surface area (Å²) in [5, 5.41) is 0. The van der Waals surface area contributed by atoms with Crippen LogP contribution >= 0.6 is 7.82 Å². The van der Waals surface area contributed by atoms with Gasteiger partial charge in [0, 0.05) is 19.4 Å². The van der Waals surface area contributed by atoms with E-state index in [0.29, 0.717) is 12.8 Å². The molecule has 0 aliphatic carbocycles. The second-order valence-electron chi connectivity index (χ2n) is 12.1. The molecule has 0 aromatic carbocycles. The van der Waals surface area contributed by atoms with Crippen LogP contribution < -0.4 is 5.73 Å². The summed E-state index contributed by atoms with van der Waals surface area (Å²) in [5.74, 6) is -0.859. The number of nitrogens with two attached hydrogens (primary N) is 1. The molecule has 0 aromatic rings. The van der Waals surface area contributed by atoms with E-state index in [1.165, 1.54) is 57.8 Å². The molecule has 0 rings (SSSR count). The van der Waals surface area contributed by atoms with E-state index in [4.69, 9.17) is 24.3 Å². The molecule has 0 aliphatic rings. The number of rotatable bonds is 34. The smallest absolute Gasteiger partial charge is 0.462 e. The highest BCUT2D eigenvalue weighted by atomic mass is 31.2.